The Hall–Kier alpha value is -0.930. The van der Waals surface area contributed by atoms with E-state index < -0.39 is 0 Å². The fraction of sp³-hybridized carbons (Fsp3) is 0.706. The number of hydrogen-bond donors (Lipinski definition) is 1. The summed E-state index contributed by atoms with van der Waals surface area (Å²) in [5.41, 5.74) is 2.24. The lowest BCUT2D eigenvalue weighted by atomic mass is 10.1. The van der Waals surface area contributed by atoms with E-state index in [1.54, 1.807) is 0 Å². The van der Waals surface area contributed by atoms with E-state index in [-0.39, 0.29) is 5.54 Å². The third kappa shape index (κ3) is 5.59. The Labute approximate surface area is 123 Å². The molecule has 1 heterocycles. The first-order valence-electron chi connectivity index (χ1n) is 7.80. The monoisotopic (exact) mass is 276 g/mol. The van der Waals surface area contributed by atoms with E-state index in [0.29, 0.717) is 6.61 Å². The van der Waals surface area contributed by atoms with Crippen LogP contribution in [0.5, 0.6) is 0 Å². The predicted molar refractivity (Wildman–Crippen MR) is 82.4 cm³/mol. The minimum absolute atomic E-state index is 0.122. The van der Waals surface area contributed by atoms with Crippen LogP contribution in [0.4, 0.5) is 0 Å². The zero-order valence-electron chi connectivity index (χ0n) is 13.1. The van der Waals surface area contributed by atoms with Crippen molar-refractivity contribution in [2.24, 2.45) is 5.92 Å². The molecule has 0 amide bonds. The van der Waals surface area contributed by atoms with Gasteiger partial charge in [0.05, 0.1) is 18.0 Å². The Morgan fingerprint density at radius 1 is 1.20 bits per heavy atom. The summed E-state index contributed by atoms with van der Waals surface area (Å²) in [4.78, 5) is 4.65. The molecule has 1 saturated carbocycles. The van der Waals surface area contributed by atoms with Gasteiger partial charge in [-0.3, -0.25) is 4.98 Å². The molecule has 20 heavy (non-hydrogen) atoms. The standard InChI is InChI=1S/C17H28N2O/c1-17(2,3)18-11-15-9-6-10-16(19-15)13-20-12-14-7-4-5-8-14/h6,9-10,14,18H,4-5,7-8,11-13H2,1-3H3. The molecule has 0 aromatic carbocycles. The molecule has 0 bridgehead atoms. The highest BCUT2D eigenvalue weighted by Gasteiger charge is 2.15. The van der Waals surface area contributed by atoms with Crippen LogP contribution < -0.4 is 5.32 Å². The van der Waals surface area contributed by atoms with E-state index in [2.05, 4.69) is 49.3 Å². The van der Waals surface area contributed by atoms with E-state index in [9.17, 15) is 0 Å². The van der Waals surface area contributed by atoms with Crippen molar-refractivity contribution in [2.75, 3.05) is 6.61 Å². The molecule has 0 radical (unpaired) electrons. The maximum absolute atomic E-state index is 5.82. The Bertz CT molecular complexity index is 406. The summed E-state index contributed by atoms with van der Waals surface area (Å²) in [6.45, 7) is 8.84. The molecule has 112 valence electrons. The van der Waals surface area contributed by atoms with Crippen LogP contribution >= 0.6 is 0 Å². The van der Waals surface area contributed by atoms with Crippen molar-refractivity contribution >= 4 is 0 Å². The second-order valence-electron chi connectivity index (χ2n) is 6.89. The number of hydrogen-bond acceptors (Lipinski definition) is 3. The third-order valence-electron chi connectivity index (χ3n) is 3.74. The molecule has 3 nitrogen and oxygen atoms in total. The number of aromatic nitrogens is 1. The highest BCUT2D eigenvalue weighted by atomic mass is 16.5. The molecular weight excluding hydrogens is 248 g/mol. The summed E-state index contributed by atoms with van der Waals surface area (Å²) in [7, 11) is 0. The summed E-state index contributed by atoms with van der Waals surface area (Å²) in [6, 6.07) is 6.19. The van der Waals surface area contributed by atoms with Crippen LogP contribution in [-0.4, -0.2) is 17.1 Å². The first-order valence-corrected chi connectivity index (χ1v) is 7.80. The number of nitrogens with one attached hydrogen (secondary N) is 1. The summed E-state index contributed by atoms with van der Waals surface area (Å²) in [5, 5.41) is 3.46. The van der Waals surface area contributed by atoms with E-state index in [4.69, 9.17) is 4.74 Å². The van der Waals surface area contributed by atoms with Gasteiger partial charge >= 0.3 is 0 Å². The molecule has 0 saturated heterocycles. The maximum atomic E-state index is 5.82. The maximum Gasteiger partial charge on any atom is 0.0888 e. The molecule has 2 rings (SSSR count). The van der Waals surface area contributed by atoms with Crippen molar-refractivity contribution in [3.8, 4) is 0 Å². The van der Waals surface area contributed by atoms with Crippen molar-refractivity contribution in [1.82, 2.24) is 10.3 Å². The number of pyridine rings is 1. The van der Waals surface area contributed by atoms with E-state index in [1.807, 2.05) is 0 Å². The number of nitrogens with zero attached hydrogens (tertiary/aromatic N) is 1. The third-order valence-corrected chi connectivity index (χ3v) is 3.74. The molecule has 1 fully saturated rings. The molecule has 0 spiro atoms. The van der Waals surface area contributed by atoms with Gasteiger partial charge < -0.3 is 10.1 Å². The lowest BCUT2D eigenvalue weighted by molar-refractivity contribution is 0.0866. The highest BCUT2D eigenvalue weighted by Crippen LogP contribution is 2.24. The topological polar surface area (TPSA) is 34.1 Å². The Morgan fingerprint density at radius 3 is 2.60 bits per heavy atom. The molecule has 0 aliphatic heterocycles. The summed E-state index contributed by atoms with van der Waals surface area (Å²) < 4.78 is 5.82. The van der Waals surface area contributed by atoms with Crippen LogP contribution in [0, 0.1) is 5.92 Å². The van der Waals surface area contributed by atoms with Gasteiger partial charge in [0.15, 0.2) is 0 Å². The van der Waals surface area contributed by atoms with Crippen molar-refractivity contribution < 1.29 is 4.74 Å². The van der Waals surface area contributed by atoms with Gasteiger partial charge in [-0.1, -0.05) is 18.9 Å². The highest BCUT2D eigenvalue weighted by molar-refractivity contribution is 5.10. The average molecular weight is 276 g/mol. The molecule has 1 aromatic rings. The minimum atomic E-state index is 0.122. The summed E-state index contributed by atoms with van der Waals surface area (Å²) in [6.07, 6.45) is 5.42. The summed E-state index contributed by atoms with van der Waals surface area (Å²) >= 11 is 0. The van der Waals surface area contributed by atoms with Crippen LogP contribution in [-0.2, 0) is 17.9 Å². The molecular formula is C17H28N2O. The molecule has 1 aromatic heterocycles. The molecule has 3 heteroatoms. The largest absolute Gasteiger partial charge is 0.375 e. The lowest BCUT2D eigenvalue weighted by Crippen LogP contribution is -2.35. The first kappa shape index (κ1) is 15.5. The average Bonchev–Trinajstić information content (AvgIpc) is 2.89. The SMILES string of the molecule is CC(C)(C)NCc1cccc(COCC2CCCC2)n1. The Morgan fingerprint density at radius 2 is 1.90 bits per heavy atom. The van der Waals surface area contributed by atoms with Gasteiger partial charge in [-0.15, -0.1) is 0 Å². The number of rotatable bonds is 6. The predicted octanol–water partition coefficient (Wildman–Crippen LogP) is 3.68. The molecule has 1 N–H and O–H groups in total. The van der Waals surface area contributed by atoms with Crippen LogP contribution in [0.3, 0.4) is 0 Å². The Balaban J connectivity index is 1.76. The van der Waals surface area contributed by atoms with Crippen LogP contribution in [0.2, 0.25) is 0 Å². The number of ether oxygens (including phenoxy) is 1. The zero-order valence-corrected chi connectivity index (χ0v) is 13.1. The molecule has 0 atom stereocenters. The minimum Gasteiger partial charge on any atom is -0.375 e. The lowest BCUT2D eigenvalue weighted by Gasteiger charge is -2.20. The molecule has 1 aliphatic carbocycles. The van der Waals surface area contributed by atoms with Gasteiger partial charge in [-0.2, -0.15) is 0 Å². The Kier molecular flexibility index (Phi) is 5.55. The summed E-state index contributed by atoms with van der Waals surface area (Å²) in [5.74, 6) is 0.778. The quantitative estimate of drug-likeness (QED) is 0.860. The molecule has 1 aliphatic rings. The van der Waals surface area contributed by atoms with Crippen molar-refractivity contribution in [3.05, 3.63) is 29.6 Å². The zero-order chi connectivity index (χ0) is 14.4. The van der Waals surface area contributed by atoms with Gasteiger partial charge in [-0.25, -0.2) is 0 Å². The normalized spacial score (nSPS) is 16.8. The smallest absolute Gasteiger partial charge is 0.0888 e. The van der Waals surface area contributed by atoms with Gasteiger partial charge in [0.2, 0.25) is 0 Å². The van der Waals surface area contributed by atoms with Crippen molar-refractivity contribution in [2.45, 2.75) is 65.1 Å². The molecule has 0 unspecified atom stereocenters. The van der Waals surface area contributed by atoms with Crippen LogP contribution in [0.25, 0.3) is 0 Å². The fourth-order valence-electron chi connectivity index (χ4n) is 2.57. The van der Waals surface area contributed by atoms with Gasteiger partial charge in [-0.05, 0) is 51.7 Å². The second-order valence-corrected chi connectivity index (χ2v) is 6.89. The van der Waals surface area contributed by atoms with E-state index >= 15 is 0 Å². The van der Waals surface area contributed by atoms with Crippen molar-refractivity contribution in [1.29, 1.82) is 0 Å². The van der Waals surface area contributed by atoms with Crippen molar-refractivity contribution in [3.63, 3.8) is 0 Å². The van der Waals surface area contributed by atoms with Crippen LogP contribution in [0.15, 0.2) is 18.2 Å². The van der Waals surface area contributed by atoms with Crippen LogP contribution in [0.1, 0.15) is 57.8 Å². The van der Waals surface area contributed by atoms with Gasteiger partial charge in [0, 0.05) is 18.7 Å². The van der Waals surface area contributed by atoms with Gasteiger partial charge in [0.25, 0.3) is 0 Å². The van der Waals surface area contributed by atoms with E-state index in [0.717, 1.165) is 30.5 Å². The van der Waals surface area contributed by atoms with E-state index in [1.165, 1.54) is 25.7 Å². The first-order chi connectivity index (χ1) is 9.53. The second kappa shape index (κ2) is 7.19. The van der Waals surface area contributed by atoms with Gasteiger partial charge in [0.1, 0.15) is 0 Å². The fourth-order valence-corrected chi connectivity index (χ4v) is 2.57.